The first-order chi connectivity index (χ1) is 9.84. The minimum Gasteiger partial charge on any atom is -0.472 e. The van der Waals surface area contributed by atoms with E-state index in [1.807, 2.05) is 6.07 Å². The summed E-state index contributed by atoms with van der Waals surface area (Å²) in [6.07, 6.45) is 18.6. The summed E-state index contributed by atoms with van der Waals surface area (Å²) in [6, 6.07) is 1.85. The van der Waals surface area contributed by atoms with Gasteiger partial charge in [-0.25, -0.2) is 0 Å². The first-order valence-corrected chi connectivity index (χ1v) is 8.54. The highest BCUT2D eigenvalue weighted by molar-refractivity contribution is 5.08. The summed E-state index contributed by atoms with van der Waals surface area (Å²) in [5, 5.41) is 9.89. The van der Waals surface area contributed by atoms with Gasteiger partial charge < -0.3 is 9.52 Å². The van der Waals surface area contributed by atoms with Gasteiger partial charge >= 0.3 is 0 Å². The molecule has 1 unspecified atom stereocenters. The molecule has 0 amide bonds. The Morgan fingerprint density at radius 3 is 1.95 bits per heavy atom. The third kappa shape index (κ3) is 8.42. The summed E-state index contributed by atoms with van der Waals surface area (Å²) in [5.74, 6) is 0. The SMILES string of the molecule is CCCCCCCCCCCCCC(O)c1ccoc1. The predicted molar refractivity (Wildman–Crippen MR) is 84.7 cm³/mol. The number of aliphatic hydroxyl groups excluding tert-OH is 1. The van der Waals surface area contributed by atoms with Crippen LogP contribution in [-0.2, 0) is 0 Å². The van der Waals surface area contributed by atoms with Crippen molar-refractivity contribution in [2.75, 3.05) is 0 Å². The van der Waals surface area contributed by atoms with Gasteiger partial charge in [-0.3, -0.25) is 0 Å². The second-order valence-corrected chi connectivity index (χ2v) is 5.90. The summed E-state index contributed by atoms with van der Waals surface area (Å²) in [5.41, 5.74) is 0.914. The maximum Gasteiger partial charge on any atom is 0.0960 e. The zero-order valence-electron chi connectivity index (χ0n) is 13.2. The van der Waals surface area contributed by atoms with Gasteiger partial charge in [0.05, 0.1) is 18.6 Å². The van der Waals surface area contributed by atoms with Crippen molar-refractivity contribution in [3.8, 4) is 0 Å². The maximum atomic E-state index is 9.89. The zero-order chi connectivity index (χ0) is 14.5. The quantitative estimate of drug-likeness (QED) is 0.448. The molecule has 0 saturated heterocycles. The van der Waals surface area contributed by atoms with E-state index in [0.29, 0.717) is 0 Å². The number of hydrogen-bond donors (Lipinski definition) is 1. The van der Waals surface area contributed by atoms with Crippen LogP contribution in [0.15, 0.2) is 23.0 Å². The molecule has 1 heterocycles. The van der Waals surface area contributed by atoms with E-state index in [-0.39, 0.29) is 6.10 Å². The smallest absolute Gasteiger partial charge is 0.0960 e. The molecule has 1 aromatic rings. The van der Waals surface area contributed by atoms with E-state index in [9.17, 15) is 5.11 Å². The fourth-order valence-corrected chi connectivity index (χ4v) is 2.63. The second kappa shape index (κ2) is 12.0. The van der Waals surface area contributed by atoms with Crippen LogP contribution in [0.3, 0.4) is 0 Å². The molecule has 20 heavy (non-hydrogen) atoms. The van der Waals surface area contributed by atoms with Crippen molar-refractivity contribution in [2.24, 2.45) is 0 Å². The van der Waals surface area contributed by atoms with Gasteiger partial charge in [-0.05, 0) is 12.5 Å². The van der Waals surface area contributed by atoms with E-state index in [0.717, 1.165) is 18.4 Å². The molecule has 0 aliphatic rings. The molecule has 1 N–H and O–H groups in total. The molecule has 2 heteroatoms. The Morgan fingerprint density at radius 1 is 0.900 bits per heavy atom. The highest BCUT2D eigenvalue weighted by Crippen LogP contribution is 2.20. The average molecular weight is 280 g/mol. The largest absolute Gasteiger partial charge is 0.472 e. The molecule has 0 spiro atoms. The van der Waals surface area contributed by atoms with Gasteiger partial charge in [0.15, 0.2) is 0 Å². The van der Waals surface area contributed by atoms with Gasteiger partial charge in [-0.1, -0.05) is 77.6 Å². The van der Waals surface area contributed by atoms with Crippen molar-refractivity contribution in [3.63, 3.8) is 0 Å². The van der Waals surface area contributed by atoms with E-state index in [4.69, 9.17) is 4.42 Å². The first kappa shape index (κ1) is 17.3. The lowest BCUT2D eigenvalue weighted by Crippen LogP contribution is -1.95. The maximum absolute atomic E-state index is 9.89. The van der Waals surface area contributed by atoms with Crippen molar-refractivity contribution in [1.82, 2.24) is 0 Å². The molecular weight excluding hydrogens is 248 g/mol. The molecule has 0 aliphatic carbocycles. The van der Waals surface area contributed by atoms with Crippen LogP contribution in [-0.4, -0.2) is 5.11 Å². The van der Waals surface area contributed by atoms with Crippen LogP contribution >= 0.6 is 0 Å². The molecule has 2 nitrogen and oxygen atoms in total. The van der Waals surface area contributed by atoms with Crippen LogP contribution in [0.4, 0.5) is 0 Å². The fraction of sp³-hybridized carbons (Fsp3) is 0.778. The monoisotopic (exact) mass is 280 g/mol. The van der Waals surface area contributed by atoms with Gasteiger partial charge in [0.2, 0.25) is 0 Å². The number of furan rings is 1. The van der Waals surface area contributed by atoms with Crippen molar-refractivity contribution in [1.29, 1.82) is 0 Å². The second-order valence-electron chi connectivity index (χ2n) is 5.90. The van der Waals surface area contributed by atoms with Crippen LogP contribution < -0.4 is 0 Å². The Kier molecular flexibility index (Phi) is 10.4. The van der Waals surface area contributed by atoms with Crippen molar-refractivity contribution in [3.05, 3.63) is 24.2 Å². The normalized spacial score (nSPS) is 12.7. The highest BCUT2D eigenvalue weighted by atomic mass is 16.3. The Hall–Kier alpha value is -0.760. The van der Waals surface area contributed by atoms with E-state index in [1.165, 1.54) is 64.2 Å². The molecule has 116 valence electrons. The summed E-state index contributed by atoms with van der Waals surface area (Å²) < 4.78 is 4.98. The molecule has 0 aromatic carbocycles. The number of hydrogen-bond acceptors (Lipinski definition) is 2. The Bertz CT molecular complexity index is 292. The van der Waals surface area contributed by atoms with Crippen LogP contribution in [0.25, 0.3) is 0 Å². The average Bonchev–Trinajstić information content (AvgIpc) is 2.99. The van der Waals surface area contributed by atoms with Crippen LogP contribution in [0.5, 0.6) is 0 Å². The number of rotatable bonds is 13. The minimum absolute atomic E-state index is 0.340. The Morgan fingerprint density at radius 2 is 1.45 bits per heavy atom. The summed E-state index contributed by atoms with van der Waals surface area (Å²) in [6.45, 7) is 2.27. The molecular formula is C18H32O2. The predicted octanol–water partition coefficient (Wildman–Crippen LogP) is 6.01. The van der Waals surface area contributed by atoms with Gasteiger partial charge in [-0.2, -0.15) is 0 Å². The van der Waals surface area contributed by atoms with Gasteiger partial charge in [0.1, 0.15) is 0 Å². The highest BCUT2D eigenvalue weighted by Gasteiger charge is 2.07. The van der Waals surface area contributed by atoms with E-state index in [1.54, 1.807) is 12.5 Å². The van der Waals surface area contributed by atoms with E-state index >= 15 is 0 Å². The van der Waals surface area contributed by atoms with Gasteiger partial charge in [0, 0.05) is 5.56 Å². The lowest BCUT2D eigenvalue weighted by molar-refractivity contribution is 0.162. The minimum atomic E-state index is -0.340. The molecule has 0 bridgehead atoms. The number of unbranched alkanes of at least 4 members (excludes halogenated alkanes) is 10. The van der Waals surface area contributed by atoms with E-state index < -0.39 is 0 Å². The molecule has 1 rings (SSSR count). The summed E-state index contributed by atoms with van der Waals surface area (Å²) >= 11 is 0. The standard InChI is InChI=1S/C18H32O2/c1-2-3-4-5-6-7-8-9-10-11-12-13-18(19)17-14-15-20-16-17/h14-16,18-19H,2-13H2,1H3. The Labute approximate surface area is 124 Å². The lowest BCUT2D eigenvalue weighted by Gasteiger charge is -2.07. The molecule has 0 radical (unpaired) electrons. The lowest BCUT2D eigenvalue weighted by atomic mass is 10.0. The van der Waals surface area contributed by atoms with Crippen LogP contribution in [0.2, 0.25) is 0 Å². The number of aliphatic hydroxyl groups is 1. The summed E-state index contributed by atoms with van der Waals surface area (Å²) in [7, 11) is 0. The fourth-order valence-electron chi connectivity index (χ4n) is 2.63. The zero-order valence-corrected chi connectivity index (χ0v) is 13.2. The van der Waals surface area contributed by atoms with Gasteiger partial charge in [-0.15, -0.1) is 0 Å². The molecule has 1 aromatic heterocycles. The van der Waals surface area contributed by atoms with Crippen molar-refractivity contribution < 1.29 is 9.52 Å². The van der Waals surface area contributed by atoms with Crippen molar-refractivity contribution >= 4 is 0 Å². The molecule has 0 aliphatic heterocycles. The molecule has 1 atom stereocenters. The van der Waals surface area contributed by atoms with Crippen LogP contribution in [0.1, 0.15) is 95.6 Å². The third-order valence-corrected chi connectivity index (χ3v) is 4.01. The first-order valence-electron chi connectivity index (χ1n) is 8.54. The van der Waals surface area contributed by atoms with Crippen LogP contribution in [0, 0.1) is 0 Å². The molecule has 0 saturated carbocycles. The topological polar surface area (TPSA) is 33.4 Å². The summed E-state index contributed by atoms with van der Waals surface area (Å²) in [4.78, 5) is 0. The Balaban J connectivity index is 1.81. The van der Waals surface area contributed by atoms with Gasteiger partial charge in [0.25, 0.3) is 0 Å². The third-order valence-electron chi connectivity index (χ3n) is 4.01. The van der Waals surface area contributed by atoms with E-state index in [2.05, 4.69) is 6.92 Å². The molecule has 0 fully saturated rings. The van der Waals surface area contributed by atoms with Crippen molar-refractivity contribution in [2.45, 2.75) is 90.1 Å².